The van der Waals surface area contributed by atoms with Crippen LogP contribution in [0.25, 0.3) is 0 Å². The van der Waals surface area contributed by atoms with Crippen molar-refractivity contribution in [3.8, 4) is 0 Å². The zero-order valence-electron chi connectivity index (χ0n) is 10.5. The van der Waals surface area contributed by atoms with Gasteiger partial charge in [-0.25, -0.2) is 9.37 Å². The van der Waals surface area contributed by atoms with E-state index in [1.165, 1.54) is 13.2 Å². The van der Waals surface area contributed by atoms with Crippen molar-refractivity contribution in [3.05, 3.63) is 45.0 Å². The molecule has 0 fully saturated rings. The van der Waals surface area contributed by atoms with Crippen LogP contribution in [-0.2, 0) is 0 Å². The first-order valence-corrected chi connectivity index (χ1v) is 6.72. The lowest BCUT2D eigenvalue weighted by atomic mass is 10.1. The second-order valence-corrected chi connectivity index (χ2v) is 5.00. The Morgan fingerprint density at radius 3 is 2.62 bits per heavy atom. The van der Waals surface area contributed by atoms with Crippen LogP contribution in [0.15, 0.2) is 18.3 Å². The number of nitrogens with one attached hydrogen (secondary N) is 2. The molecule has 0 atom stereocenters. The van der Waals surface area contributed by atoms with E-state index in [2.05, 4.69) is 20.6 Å². The Bertz CT molecular complexity index is 711. The van der Waals surface area contributed by atoms with E-state index in [4.69, 9.17) is 34.8 Å². The number of anilines is 2. The molecule has 1 amide bonds. The number of carbonyl (C=O) groups excluding carboxylic acids is 1. The Balaban J connectivity index is 2.53. The summed E-state index contributed by atoms with van der Waals surface area (Å²) >= 11 is 17.6. The predicted molar refractivity (Wildman–Crippen MR) is 80.1 cm³/mol. The molecule has 0 radical (unpaired) electrons. The third kappa shape index (κ3) is 3.53. The van der Waals surface area contributed by atoms with Gasteiger partial charge in [0.15, 0.2) is 5.82 Å². The van der Waals surface area contributed by atoms with E-state index in [0.29, 0.717) is 0 Å². The number of nitrogens with zero attached hydrogens (tertiary/aromatic N) is 2. The quantitative estimate of drug-likeness (QED) is 0.830. The fourth-order valence-electron chi connectivity index (χ4n) is 1.57. The summed E-state index contributed by atoms with van der Waals surface area (Å²) in [7, 11) is 1.42. The second-order valence-electron chi connectivity index (χ2n) is 3.85. The fraction of sp³-hybridized carbons (Fsp3) is 0.0833. The minimum Gasteiger partial charge on any atom is -0.355 e. The van der Waals surface area contributed by atoms with Gasteiger partial charge in [-0.1, -0.05) is 23.2 Å². The first kappa shape index (κ1) is 15.8. The third-order valence-corrected chi connectivity index (χ3v) is 3.24. The van der Waals surface area contributed by atoms with Gasteiger partial charge in [-0.3, -0.25) is 4.79 Å². The van der Waals surface area contributed by atoms with Crippen molar-refractivity contribution in [1.29, 1.82) is 0 Å². The molecule has 21 heavy (non-hydrogen) atoms. The number of amides is 1. The summed E-state index contributed by atoms with van der Waals surface area (Å²) < 4.78 is 13.4. The number of carbonyl (C=O) groups is 1. The van der Waals surface area contributed by atoms with Gasteiger partial charge in [0.1, 0.15) is 10.8 Å². The van der Waals surface area contributed by atoms with Crippen LogP contribution in [0.5, 0.6) is 0 Å². The lowest BCUT2D eigenvalue weighted by Crippen LogP contribution is -2.19. The van der Waals surface area contributed by atoms with Gasteiger partial charge in [0, 0.05) is 7.05 Å². The highest BCUT2D eigenvalue weighted by Crippen LogP contribution is 2.32. The Morgan fingerprint density at radius 2 is 1.95 bits per heavy atom. The van der Waals surface area contributed by atoms with Gasteiger partial charge in [-0.15, -0.1) is 0 Å². The topological polar surface area (TPSA) is 66.9 Å². The zero-order chi connectivity index (χ0) is 15.6. The third-order valence-electron chi connectivity index (χ3n) is 2.48. The van der Waals surface area contributed by atoms with Crippen molar-refractivity contribution in [3.63, 3.8) is 0 Å². The molecule has 0 aliphatic heterocycles. The first-order chi connectivity index (χ1) is 9.92. The van der Waals surface area contributed by atoms with Crippen LogP contribution in [0.4, 0.5) is 15.9 Å². The predicted octanol–water partition coefficient (Wildman–Crippen LogP) is 3.68. The van der Waals surface area contributed by atoms with Crippen molar-refractivity contribution in [2.45, 2.75) is 0 Å². The van der Waals surface area contributed by atoms with Crippen LogP contribution in [0.3, 0.4) is 0 Å². The van der Waals surface area contributed by atoms with Crippen molar-refractivity contribution in [1.82, 2.24) is 15.3 Å². The highest BCUT2D eigenvalue weighted by molar-refractivity contribution is 6.35. The van der Waals surface area contributed by atoms with E-state index >= 15 is 0 Å². The van der Waals surface area contributed by atoms with Crippen LogP contribution < -0.4 is 10.6 Å². The first-order valence-electron chi connectivity index (χ1n) is 5.58. The van der Waals surface area contributed by atoms with E-state index in [-0.39, 0.29) is 32.4 Å². The maximum Gasteiger partial charge on any atom is 0.253 e. The molecule has 0 saturated carbocycles. The second kappa shape index (κ2) is 6.43. The molecule has 1 aromatic carbocycles. The van der Waals surface area contributed by atoms with Gasteiger partial charge >= 0.3 is 0 Å². The number of halogens is 4. The van der Waals surface area contributed by atoms with Crippen LogP contribution in [-0.4, -0.2) is 22.9 Å². The Hall–Kier alpha value is -1.63. The summed E-state index contributed by atoms with van der Waals surface area (Å²) in [4.78, 5) is 19.4. The van der Waals surface area contributed by atoms with E-state index in [1.807, 2.05) is 0 Å². The molecule has 0 spiro atoms. The Kier molecular flexibility index (Phi) is 4.82. The number of benzene rings is 1. The molecule has 9 heteroatoms. The van der Waals surface area contributed by atoms with Crippen molar-refractivity contribution in [2.75, 3.05) is 12.4 Å². The largest absolute Gasteiger partial charge is 0.355 e. The van der Waals surface area contributed by atoms with Gasteiger partial charge in [-0.05, 0) is 23.7 Å². The minimum absolute atomic E-state index is 0.000554. The molecule has 5 nitrogen and oxygen atoms in total. The van der Waals surface area contributed by atoms with Crippen molar-refractivity contribution < 1.29 is 9.18 Å². The molecule has 0 aliphatic rings. The molecule has 0 unspecified atom stereocenters. The molecule has 2 aromatic rings. The van der Waals surface area contributed by atoms with E-state index < -0.39 is 11.7 Å². The Morgan fingerprint density at radius 1 is 1.24 bits per heavy atom. The summed E-state index contributed by atoms with van der Waals surface area (Å²) in [6.07, 6.45) is 1.29. The molecule has 0 saturated heterocycles. The van der Waals surface area contributed by atoms with Gasteiger partial charge in [0.25, 0.3) is 5.91 Å². The van der Waals surface area contributed by atoms with Crippen LogP contribution >= 0.6 is 34.8 Å². The van der Waals surface area contributed by atoms with E-state index in [9.17, 15) is 9.18 Å². The molecule has 1 heterocycles. The Labute approximate surface area is 134 Å². The van der Waals surface area contributed by atoms with Crippen molar-refractivity contribution >= 4 is 52.2 Å². The number of hydrogen-bond donors (Lipinski definition) is 2. The molecular weight excluding hydrogens is 342 g/mol. The van der Waals surface area contributed by atoms with Crippen LogP contribution in [0, 0.1) is 5.82 Å². The molecule has 0 aliphatic carbocycles. The minimum atomic E-state index is -0.643. The molecule has 1 aromatic heterocycles. The van der Waals surface area contributed by atoms with Gasteiger partial charge in [0.05, 0.1) is 22.5 Å². The number of hydrogen-bond acceptors (Lipinski definition) is 4. The van der Waals surface area contributed by atoms with Gasteiger partial charge in [0.2, 0.25) is 5.28 Å². The average Bonchev–Trinajstić information content (AvgIpc) is 2.44. The van der Waals surface area contributed by atoms with Gasteiger partial charge < -0.3 is 10.6 Å². The highest BCUT2D eigenvalue weighted by Gasteiger charge is 2.17. The maximum absolute atomic E-state index is 13.4. The lowest BCUT2D eigenvalue weighted by Gasteiger charge is -2.13. The standard InChI is InChI=1S/C12H8Cl3FN4O/c1-17-11(21)6-2-5(16)3-7(13)9(6)19-10-8(14)4-18-12(15)20-10/h2-4H,1H3,(H,17,21)(H,18,19,20). The van der Waals surface area contributed by atoms with E-state index in [0.717, 1.165) is 12.1 Å². The molecular formula is C12H8Cl3FN4O. The average molecular weight is 350 g/mol. The molecule has 2 N–H and O–H groups in total. The zero-order valence-corrected chi connectivity index (χ0v) is 12.8. The van der Waals surface area contributed by atoms with Gasteiger partial charge in [-0.2, -0.15) is 4.98 Å². The molecule has 110 valence electrons. The lowest BCUT2D eigenvalue weighted by molar-refractivity contribution is 0.0963. The maximum atomic E-state index is 13.4. The summed E-state index contributed by atoms with van der Waals surface area (Å²) in [5, 5.41) is 5.29. The smallest absolute Gasteiger partial charge is 0.253 e. The van der Waals surface area contributed by atoms with E-state index in [1.54, 1.807) is 0 Å². The SMILES string of the molecule is CNC(=O)c1cc(F)cc(Cl)c1Nc1nc(Cl)ncc1Cl. The number of rotatable bonds is 3. The summed E-state index contributed by atoms with van der Waals surface area (Å²) in [5.41, 5.74) is 0.169. The monoisotopic (exact) mass is 348 g/mol. The molecule has 2 rings (SSSR count). The fourth-order valence-corrected chi connectivity index (χ4v) is 2.09. The van der Waals surface area contributed by atoms with Crippen LogP contribution in [0.2, 0.25) is 15.3 Å². The number of aromatic nitrogens is 2. The highest BCUT2D eigenvalue weighted by atomic mass is 35.5. The molecule has 0 bridgehead atoms. The van der Waals surface area contributed by atoms with Crippen LogP contribution in [0.1, 0.15) is 10.4 Å². The summed E-state index contributed by atoms with van der Waals surface area (Å²) in [6, 6.07) is 2.11. The summed E-state index contributed by atoms with van der Waals surface area (Å²) in [5.74, 6) is -1.01. The normalized spacial score (nSPS) is 10.3. The summed E-state index contributed by atoms with van der Waals surface area (Å²) in [6.45, 7) is 0. The van der Waals surface area contributed by atoms with Crippen molar-refractivity contribution in [2.24, 2.45) is 0 Å².